The summed E-state index contributed by atoms with van der Waals surface area (Å²) in [5.41, 5.74) is 4.60. The van der Waals surface area contributed by atoms with E-state index in [0.29, 0.717) is 23.2 Å². The highest BCUT2D eigenvalue weighted by Crippen LogP contribution is 2.31. The van der Waals surface area contributed by atoms with E-state index in [1.807, 2.05) is 38.1 Å². The molecule has 4 aromatic rings. The quantitative estimate of drug-likeness (QED) is 0.283. The van der Waals surface area contributed by atoms with E-state index in [-0.39, 0.29) is 17.5 Å². The molecule has 0 bridgehead atoms. The molecule has 4 N–H and O–H groups in total. The van der Waals surface area contributed by atoms with Crippen molar-refractivity contribution in [3.8, 4) is 11.1 Å². The van der Waals surface area contributed by atoms with Crippen LogP contribution in [0.3, 0.4) is 0 Å². The number of carbonyl (C=O) groups excluding carboxylic acids is 1. The predicted molar refractivity (Wildman–Crippen MR) is 131 cm³/mol. The molecular weight excluding hydrogens is 457 g/mol. The zero-order valence-corrected chi connectivity index (χ0v) is 19.6. The van der Waals surface area contributed by atoms with Crippen LogP contribution in [-0.4, -0.2) is 26.1 Å². The molecule has 2 aromatic carbocycles. The minimum atomic E-state index is -0.445. The van der Waals surface area contributed by atoms with Crippen molar-refractivity contribution >= 4 is 40.8 Å². The summed E-state index contributed by atoms with van der Waals surface area (Å²) in [6.07, 6.45) is 1.43. The van der Waals surface area contributed by atoms with E-state index in [2.05, 4.69) is 36.1 Å². The van der Waals surface area contributed by atoms with Crippen molar-refractivity contribution in [3.63, 3.8) is 0 Å². The van der Waals surface area contributed by atoms with E-state index in [1.165, 1.54) is 19.2 Å². The summed E-state index contributed by atoms with van der Waals surface area (Å²) in [7, 11) is 0. The Morgan fingerprint density at radius 1 is 1.12 bits per heavy atom. The van der Waals surface area contributed by atoms with Gasteiger partial charge in [0.25, 0.3) is 0 Å². The molecule has 0 aliphatic rings. The highest BCUT2D eigenvalue weighted by molar-refractivity contribution is 6.32. The summed E-state index contributed by atoms with van der Waals surface area (Å²) in [5, 5.41) is 15.9. The lowest BCUT2D eigenvalue weighted by atomic mass is 9.98. The first-order valence-electron chi connectivity index (χ1n) is 10.5. The van der Waals surface area contributed by atoms with Crippen molar-refractivity contribution in [2.24, 2.45) is 0 Å². The first kappa shape index (κ1) is 23.2. The van der Waals surface area contributed by atoms with Crippen LogP contribution in [0.4, 0.5) is 27.7 Å². The number of benzene rings is 2. The maximum atomic E-state index is 15.0. The number of carbonyl (C=O) groups is 1. The van der Waals surface area contributed by atoms with Gasteiger partial charge in [0.1, 0.15) is 10.8 Å². The SMILES string of the molecule is CC(=O)NCc1ccc(-c2cc(F)c(Nc3ncc(Cl)c(Nc4cc(C)[nH]n4)n3)cc2C)cc1. The summed E-state index contributed by atoms with van der Waals surface area (Å²) < 4.78 is 15.0. The predicted octanol–water partition coefficient (Wildman–Crippen LogP) is 5.40. The molecule has 0 atom stereocenters. The number of halogens is 2. The smallest absolute Gasteiger partial charge is 0.229 e. The fourth-order valence-corrected chi connectivity index (χ4v) is 3.49. The van der Waals surface area contributed by atoms with Crippen LogP contribution >= 0.6 is 11.6 Å². The molecule has 174 valence electrons. The molecular formula is C24H23ClFN7O. The highest BCUT2D eigenvalue weighted by atomic mass is 35.5. The molecule has 2 heterocycles. The van der Waals surface area contributed by atoms with E-state index < -0.39 is 5.82 Å². The van der Waals surface area contributed by atoms with Gasteiger partial charge in [-0.15, -0.1) is 0 Å². The fraction of sp³-hybridized carbons (Fsp3) is 0.167. The average Bonchev–Trinajstić information content (AvgIpc) is 3.21. The minimum absolute atomic E-state index is 0.0890. The first-order valence-corrected chi connectivity index (χ1v) is 10.9. The summed E-state index contributed by atoms with van der Waals surface area (Å²) in [6.45, 7) is 5.70. The Morgan fingerprint density at radius 2 is 1.88 bits per heavy atom. The van der Waals surface area contributed by atoms with Crippen molar-refractivity contribution in [3.05, 3.63) is 76.3 Å². The van der Waals surface area contributed by atoms with E-state index in [0.717, 1.165) is 27.9 Å². The fourth-order valence-electron chi connectivity index (χ4n) is 3.36. The van der Waals surface area contributed by atoms with Crippen LogP contribution in [0.25, 0.3) is 11.1 Å². The number of hydrogen-bond acceptors (Lipinski definition) is 6. The normalized spacial score (nSPS) is 10.7. The van der Waals surface area contributed by atoms with E-state index in [4.69, 9.17) is 11.6 Å². The second-order valence-corrected chi connectivity index (χ2v) is 8.24. The number of nitrogens with one attached hydrogen (secondary N) is 4. The van der Waals surface area contributed by atoms with Crippen molar-refractivity contribution in [2.45, 2.75) is 27.3 Å². The number of anilines is 4. The molecule has 0 radical (unpaired) electrons. The monoisotopic (exact) mass is 479 g/mol. The number of hydrogen-bond donors (Lipinski definition) is 4. The lowest BCUT2D eigenvalue weighted by molar-refractivity contribution is -0.119. The highest BCUT2D eigenvalue weighted by Gasteiger charge is 2.13. The molecule has 0 unspecified atom stereocenters. The van der Waals surface area contributed by atoms with Crippen LogP contribution in [0.1, 0.15) is 23.7 Å². The molecule has 8 nitrogen and oxygen atoms in total. The third-order valence-corrected chi connectivity index (χ3v) is 5.34. The molecule has 34 heavy (non-hydrogen) atoms. The van der Waals surface area contributed by atoms with Crippen molar-refractivity contribution in [1.29, 1.82) is 0 Å². The third-order valence-electron chi connectivity index (χ3n) is 5.06. The number of H-pyrrole nitrogens is 1. The minimum Gasteiger partial charge on any atom is -0.352 e. The number of amides is 1. The summed E-state index contributed by atoms with van der Waals surface area (Å²) in [6, 6.07) is 12.6. The average molecular weight is 480 g/mol. The number of aryl methyl sites for hydroxylation is 2. The van der Waals surface area contributed by atoms with Gasteiger partial charge in [-0.25, -0.2) is 9.37 Å². The number of rotatable bonds is 7. The largest absolute Gasteiger partial charge is 0.352 e. The van der Waals surface area contributed by atoms with E-state index >= 15 is 0 Å². The standard InChI is InChI=1S/C24H23ClFN7O/c1-13-8-21(20(26)10-18(13)17-6-4-16(5-7-17)11-27-15(3)34)29-24-28-12-19(25)23(31-24)30-22-9-14(2)32-33-22/h4-10,12H,11H2,1-3H3,(H,27,34)(H3,28,29,30,31,32,33). The zero-order chi connectivity index (χ0) is 24.2. The Balaban J connectivity index is 1.53. The second kappa shape index (κ2) is 9.88. The van der Waals surface area contributed by atoms with Gasteiger partial charge in [-0.05, 0) is 48.2 Å². The number of aromatic amines is 1. The van der Waals surface area contributed by atoms with Crippen molar-refractivity contribution in [1.82, 2.24) is 25.5 Å². The Bertz CT molecular complexity index is 1340. The molecule has 2 aromatic heterocycles. The lowest BCUT2D eigenvalue weighted by Crippen LogP contribution is -2.18. The maximum absolute atomic E-state index is 15.0. The number of aromatic nitrogens is 4. The van der Waals surface area contributed by atoms with Gasteiger partial charge in [-0.3, -0.25) is 9.89 Å². The van der Waals surface area contributed by atoms with Gasteiger partial charge in [-0.2, -0.15) is 10.1 Å². The summed E-state index contributed by atoms with van der Waals surface area (Å²) in [4.78, 5) is 19.6. The van der Waals surface area contributed by atoms with E-state index in [1.54, 1.807) is 12.1 Å². The maximum Gasteiger partial charge on any atom is 0.229 e. The van der Waals surface area contributed by atoms with Crippen LogP contribution in [0.2, 0.25) is 5.02 Å². The van der Waals surface area contributed by atoms with Crippen LogP contribution in [0.15, 0.2) is 48.7 Å². The Morgan fingerprint density at radius 3 is 2.56 bits per heavy atom. The third kappa shape index (κ3) is 5.49. The van der Waals surface area contributed by atoms with Gasteiger partial charge in [0, 0.05) is 25.2 Å². The van der Waals surface area contributed by atoms with Gasteiger partial charge >= 0.3 is 0 Å². The topological polar surface area (TPSA) is 108 Å². The Labute approximate surface area is 201 Å². The lowest BCUT2D eigenvalue weighted by Gasteiger charge is -2.13. The van der Waals surface area contributed by atoms with Crippen molar-refractivity contribution < 1.29 is 9.18 Å². The molecule has 4 rings (SSSR count). The van der Waals surface area contributed by atoms with Crippen molar-refractivity contribution in [2.75, 3.05) is 10.6 Å². The summed E-state index contributed by atoms with van der Waals surface area (Å²) in [5.74, 6) is 0.553. The molecule has 0 saturated carbocycles. The van der Waals surface area contributed by atoms with Crippen LogP contribution < -0.4 is 16.0 Å². The molecule has 0 spiro atoms. The second-order valence-electron chi connectivity index (χ2n) is 7.83. The molecule has 1 amide bonds. The van der Waals surface area contributed by atoms with Crippen LogP contribution in [-0.2, 0) is 11.3 Å². The number of nitrogens with zero attached hydrogens (tertiary/aromatic N) is 3. The summed E-state index contributed by atoms with van der Waals surface area (Å²) >= 11 is 6.20. The van der Waals surface area contributed by atoms with Crippen LogP contribution in [0, 0.1) is 19.7 Å². The molecule has 10 heteroatoms. The first-order chi connectivity index (χ1) is 16.3. The molecule has 0 fully saturated rings. The Kier molecular flexibility index (Phi) is 6.74. The van der Waals surface area contributed by atoms with Gasteiger partial charge in [0.2, 0.25) is 11.9 Å². The zero-order valence-electron chi connectivity index (χ0n) is 18.8. The Hall–Kier alpha value is -3.98. The van der Waals surface area contributed by atoms with Gasteiger partial charge < -0.3 is 16.0 Å². The van der Waals surface area contributed by atoms with Gasteiger partial charge in [0.15, 0.2) is 11.6 Å². The van der Waals surface area contributed by atoms with E-state index in [9.17, 15) is 9.18 Å². The van der Waals surface area contributed by atoms with Gasteiger partial charge in [0.05, 0.1) is 11.9 Å². The molecule has 0 aliphatic carbocycles. The van der Waals surface area contributed by atoms with Gasteiger partial charge in [-0.1, -0.05) is 35.9 Å². The van der Waals surface area contributed by atoms with Crippen LogP contribution in [0.5, 0.6) is 0 Å². The molecule has 0 aliphatic heterocycles. The molecule has 0 saturated heterocycles.